The summed E-state index contributed by atoms with van der Waals surface area (Å²) < 4.78 is 28.8. The van der Waals surface area contributed by atoms with E-state index >= 15 is 0 Å². The summed E-state index contributed by atoms with van der Waals surface area (Å²) in [6, 6.07) is 0. The summed E-state index contributed by atoms with van der Waals surface area (Å²) in [5, 5.41) is 3.41. The molecule has 0 aromatic heterocycles. The summed E-state index contributed by atoms with van der Waals surface area (Å²) >= 11 is 0. The van der Waals surface area contributed by atoms with Crippen molar-refractivity contribution in [1.29, 1.82) is 0 Å². The van der Waals surface area contributed by atoms with Crippen molar-refractivity contribution in [3.8, 4) is 0 Å². The van der Waals surface area contributed by atoms with Crippen LogP contribution < -0.4 is 10.6 Å². The molecule has 2 amide bonds. The summed E-state index contributed by atoms with van der Waals surface area (Å²) in [6.07, 6.45) is 0. The lowest BCUT2D eigenvalue weighted by molar-refractivity contribution is -0.135. The molecule has 1 aliphatic rings. The Bertz CT molecular complexity index is 290. The van der Waals surface area contributed by atoms with Crippen LogP contribution in [0.25, 0.3) is 0 Å². The molecule has 1 fully saturated rings. The first-order valence-corrected chi connectivity index (χ1v) is 3.99. The summed E-state index contributed by atoms with van der Waals surface area (Å²) in [5.74, 6) is -2.15. The average Bonchev–Trinajstić information content (AvgIpc) is 2.11. The van der Waals surface area contributed by atoms with Crippen molar-refractivity contribution in [2.24, 2.45) is 0 Å². The van der Waals surface area contributed by atoms with E-state index in [1.165, 1.54) is 0 Å². The van der Waals surface area contributed by atoms with Gasteiger partial charge in [0.05, 0.1) is 0 Å². The molecule has 1 aliphatic heterocycles. The minimum atomic E-state index is -4.43. The van der Waals surface area contributed by atoms with E-state index in [9.17, 15) is 18.0 Å². The average molecular weight is 180 g/mol. The van der Waals surface area contributed by atoms with Gasteiger partial charge < -0.3 is 10.6 Å². The van der Waals surface area contributed by atoms with Crippen LogP contribution in [0.4, 0.5) is 0 Å². The van der Waals surface area contributed by atoms with Crippen molar-refractivity contribution in [2.75, 3.05) is 0 Å². The first-order chi connectivity index (χ1) is 4.91. The Morgan fingerprint density at radius 2 is 1.55 bits per heavy atom. The van der Waals surface area contributed by atoms with Crippen LogP contribution in [0.15, 0.2) is 0 Å². The quantitative estimate of drug-likeness (QED) is 0.302. The molecule has 0 aromatic carbocycles. The number of carbonyl (C=O) groups excluding carboxylic acids is 2. The van der Waals surface area contributed by atoms with Crippen molar-refractivity contribution in [3.63, 3.8) is 0 Å². The molecule has 0 bridgehead atoms. The fraction of sp³-hybridized carbons (Fsp3) is 0.333. The lowest BCUT2D eigenvalue weighted by Crippen LogP contribution is -2.39. The maximum absolute atomic E-state index is 10.3. The predicted octanol–water partition coefficient (Wildman–Crippen LogP) is -2.60. The van der Waals surface area contributed by atoms with Gasteiger partial charge >= 0.3 is 21.9 Å². The minimum absolute atomic E-state index is 1.08. The van der Waals surface area contributed by atoms with Gasteiger partial charge in [-0.3, -0.25) is 14.1 Å². The molecular weight excluding hydrogens is 176 g/mol. The molecule has 7 nitrogen and oxygen atoms in total. The molecule has 0 atom stereocenters. The van der Waals surface area contributed by atoms with Crippen LogP contribution in [0.5, 0.6) is 0 Å². The Hall–Kier alpha value is -1.15. The summed E-state index contributed by atoms with van der Waals surface area (Å²) in [7, 11) is -4.43. The Balaban J connectivity index is 2.85. The topological polar surface area (TPSA) is 113 Å². The van der Waals surface area contributed by atoms with E-state index in [0.29, 0.717) is 0 Å². The van der Waals surface area contributed by atoms with E-state index in [1.54, 1.807) is 10.6 Å². The molecule has 1 rings (SSSR count). The van der Waals surface area contributed by atoms with Crippen LogP contribution in [-0.4, -0.2) is 30.3 Å². The Labute approximate surface area is 61.5 Å². The molecule has 0 aliphatic carbocycles. The van der Waals surface area contributed by atoms with Crippen LogP contribution in [0.3, 0.4) is 0 Å². The van der Waals surface area contributed by atoms with Gasteiger partial charge in [-0.15, -0.1) is 0 Å². The van der Waals surface area contributed by atoms with E-state index in [4.69, 9.17) is 4.55 Å². The highest BCUT2D eigenvalue weighted by Crippen LogP contribution is 1.95. The summed E-state index contributed by atoms with van der Waals surface area (Å²) in [6.45, 7) is 0. The van der Waals surface area contributed by atoms with Crippen LogP contribution >= 0.6 is 0 Å². The third-order valence-electron chi connectivity index (χ3n) is 1.03. The number of hydrogen-bond acceptors (Lipinski definition) is 4. The van der Waals surface area contributed by atoms with Gasteiger partial charge in [0.25, 0.3) is 0 Å². The van der Waals surface area contributed by atoms with Gasteiger partial charge in [0.15, 0.2) is 0 Å². The van der Waals surface area contributed by atoms with Crippen LogP contribution in [-0.2, 0) is 19.7 Å². The Kier molecular flexibility index (Phi) is 1.57. The molecule has 1 saturated heterocycles. The normalized spacial score (nSPS) is 19.7. The van der Waals surface area contributed by atoms with Gasteiger partial charge in [0, 0.05) is 0 Å². The zero-order valence-electron chi connectivity index (χ0n) is 5.07. The molecule has 11 heavy (non-hydrogen) atoms. The fourth-order valence-corrected chi connectivity index (χ4v) is 1.07. The number of nitrogens with one attached hydrogen (secondary N) is 2. The fourth-order valence-electron chi connectivity index (χ4n) is 0.554. The molecular formula is C3H4N2O5S. The van der Waals surface area contributed by atoms with Gasteiger partial charge in [-0.25, -0.2) is 0 Å². The molecule has 3 N–H and O–H groups in total. The second-order valence-corrected chi connectivity index (χ2v) is 3.34. The standard InChI is InChI=1S/C3H4N2O5S/c6-1-2(7)5-3(4-1)11(8,9)10/h3H,(H,4,6)(H,5,7)(H,8,9,10). The highest BCUT2D eigenvalue weighted by molar-refractivity contribution is 7.86. The number of carbonyl (C=O) groups is 2. The molecule has 0 spiro atoms. The van der Waals surface area contributed by atoms with Crippen molar-refractivity contribution in [2.45, 2.75) is 5.50 Å². The largest absolute Gasteiger partial charge is 0.313 e. The van der Waals surface area contributed by atoms with Gasteiger partial charge in [-0.1, -0.05) is 0 Å². The molecule has 1 heterocycles. The van der Waals surface area contributed by atoms with Crippen molar-refractivity contribution in [3.05, 3.63) is 0 Å². The highest BCUT2D eigenvalue weighted by Gasteiger charge is 2.36. The maximum Gasteiger partial charge on any atom is 0.311 e. The third-order valence-corrected chi connectivity index (χ3v) is 1.86. The van der Waals surface area contributed by atoms with Crippen LogP contribution in [0.1, 0.15) is 0 Å². The predicted molar refractivity (Wildman–Crippen MR) is 31.6 cm³/mol. The van der Waals surface area contributed by atoms with Gasteiger partial charge in [0.1, 0.15) is 0 Å². The van der Waals surface area contributed by atoms with Crippen LogP contribution in [0, 0.1) is 0 Å². The minimum Gasteiger partial charge on any atom is -0.313 e. The molecule has 0 aromatic rings. The molecule has 0 unspecified atom stereocenters. The lowest BCUT2D eigenvalue weighted by Gasteiger charge is -2.03. The van der Waals surface area contributed by atoms with Gasteiger partial charge in [-0.2, -0.15) is 8.42 Å². The Morgan fingerprint density at radius 3 is 1.73 bits per heavy atom. The monoisotopic (exact) mass is 180 g/mol. The van der Waals surface area contributed by atoms with E-state index in [0.717, 1.165) is 0 Å². The Morgan fingerprint density at radius 1 is 1.18 bits per heavy atom. The number of amides is 2. The third kappa shape index (κ3) is 1.46. The van der Waals surface area contributed by atoms with Crippen molar-refractivity contribution < 1.29 is 22.6 Å². The second-order valence-electron chi connectivity index (χ2n) is 1.84. The molecule has 8 heteroatoms. The maximum atomic E-state index is 10.3. The van der Waals surface area contributed by atoms with Crippen molar-refractivity contribution in [1.82, 2.24) is 10.6 Å². The second kappa shape index (κ2) is 2.17. The first kappa shape index (κ1) is 7.95. The van der Waals surface area contributed by atoms with Crippen LogP contribution in [0.2, 0.25) is 0 Å². The van der Waals surface area contributed by atoms with E-state index < -0.39 is 27.4 Å². The van der Waals surface area contributed by atoms with E-state index in [2.05, 4.69) is 0 Å². The summed E-state index contributed by atoms with van der Waals surface area (Å²) in [5.41, 5.74) is -1.71. The summed E-state index contributed by atoms with van der Waals surface area (Å²) in [4.78, 5) is 20.7. The molecule has 0 radical (unpaired) electrons. The molecule has 0 saturated carbocycles. The van der Waals surface area contributed by atoms with Gasteiger partial charge in [-0.05, 0) is 0 Å². The van der Waals surface area contributed by atoms with Gasteiger partial charge in [0.2, 0.25) is 5.50 Å². The smallest absolute Gasteiger partial charge is 0.311 e. The first-order valence-electron chi connectivity index (χ1n) is 2.49. The highest BCUT2D eigenvalue weighted by atomic mass is 32.2. The number of hydrogen-bond donors (Lipinski definition) is 3. The molecule has 62 valence electrons. The zero-order chi connectivity index (χ0) is 8.65. The number of rotatable bonds is 1. The van der Waals surface area contributed by atoms with Crippen molar-refractivity contribution >= 4 is 21.9 Å². The van der Waals surface area contributed by atoms with E-state index in [1.807, 2.05) is 0 Å². The zero-order valence-corrected chi connectivity index (χ0v) is 5.88. The SMILES string of the molecule is O=C1NC(S(=O)(=O)O)NC1=O. The lowest BCUT2D eigenvalue weighted by atomic mass is 10.6. The van der Waals surface area contributed by atoms with E-state index in [-0.39, 0.29) is 0 Å².